The van der Waals surface area contributed by atoms with Crippen molar-refractivity contribution in [3.63, 3.8) is 0 Å². The van der Waals surface area contributed by atoms with E-state index in [0.717, 1.165) is 0 Å². The Morgan fingerprint density at radius 1 is 1.23 bits per heavy atom. The van der Waals surface area contributed by atoms with Gasteiger partial charge in [0, 0.05) is 12.0 Å². The number of nitriles is 1. The van der Waals surface area contributed by atoms with E-state index in [0.29, 0.717) is 5.57 Å². The minimum absolute atomic E-state index is 0.0412. The summed E-state index contributed by atoms with van der Waals surface area (Å²) in [6.45, 7) is 8.98. The average Bonchev–Trinajstić information content (AvgIpc) is 2.50. The number of rotatable bonds is 9. The van der Waals surface area contributed by atoms with Gasteiger partial charge in [-0.2, -0.15) is 5.26 Å². The predicted molar refractivity (Wildman–Crippen MR) is 83.6 cm³/mol. The van der Waals surface area contributed by atoms with Gasteiger partial charge < -0.3 is 9.47 Å². The Morgan fingerprint density at radius 3 is 2.14 bits per heavy atom. The van der Waals surface area contributed by atoms with Crippen LogP contribution in [0.3, 0.4) is 0 Å². The monoisotopic (exact) mass is 305 g/mol. The molecule has 0 aliphatic heterocycles. The van der Waals surface area contributed by atoms with Gasteiger partial charge in [0.1, 0.15) is 0 Å². The van der Waals surface area contributed by atoms with Gasteiger partial charge in [-0.05, 0) is 33.3 Å². The molecule has 0 saturated heterocycles. The highest BCUT2D eigenvalue weighted by molar-refractivity contribution is 6.00. The van der Waals surface area contributed by atoms with Crippen LogP contribution in [-0.2, 0) is 19.1 Å². The topological polar surface area (TPSA) is 76.4 Å². The number of allylic oxidation sites excluding steroid dienone is 5. The molecule has 0 heterocycles. The van der Waals surface area contributed by atoms with Crippen molar-refractivity contribution < 1.29 is 19.1 Å². The smallest absolute Gasteiger partial charge is 0.324 e. The van der Waals surface area contributed by atoms with Gasteiger partial charge in [0.05, 0.1) is 19.3 Å². The number of nitrogens with zero attached hydrogens (tertiary/aromatic N) is 1. The molecule has 0 radical (unpaired) electrons. The summed E-state index contributed by atoms with van der Waals surface area (Å²) >= 11 is 0. The lowest BCUT2D eigenvalue weighted by atomic mass is 9.78. The van der Waals surface area contributed by atoms with Crippen LogP contribution in [0.5, 0.6) is 0 Å². The van der Waals surface area contributed by atoms with Crippen molar-refractivity contribution in [3.05, 3.63) is 36.5 Å². The van der Waals surface area contributed by atoms with Crippen molar-refractivity contribution >= 4 is 11.9 Å². The van der Waals surface area contributed by atoms with Crippen LogP contribution in [0.1, 0.15) is 33.6 Å². The Labute approximate surface area is 131 Å². The molecular weight excluding hydrogens is 282 g/mol. The minimum atomic E-state index is -1.57. The maximum Gasteiger partial charge on any atom is 0.324 e. The molecule has 5 nitrogen and oxygen atoms in total. The largest absolute Gasteiger partial charge is 0.465 e. The molecule has 0 fully saturated rings. The number of ether oxygens (including phenoxy) is 2. The van der Waals surface area contributed by atoms with Gasteiger partial charge in [0.25, 0.3) is 0 Å². The molecular formula is C17H23NO4. The van der Waals surface area contributed by atoms with Gasteiger partial charge in [0.2, 0.25) is 0 Å². The molecule has 0 aliphatic rings. The first kappa shape index (κ1) is 19.7. The molecule has 0 saturated carbocycles. The lowest BCUT2D eigenvalue weighted by Gasteiger charge is -2.27. The highest BCUT2D eigenvalue weighted by atomic mass is 16.6. The van der Waals surface area contributed by atoms with E-state index in [4.69, 9.17) is 9.47 Å². The van der Waals surface area contributed by atoms with Gasteiger partial charge in [-0.25, -0.2) is 0 Å². The third-order valence-corrected chi connectivity index (χ3v) is 2.95. The van der Waals surface area contributed by atoms with Gasteiger partial charge in [0.15, 0.2) is 5.41 Å². The first-order chi connectivity index (χ1) is 10.5. The second kappa shape index (κ2) is 10.4. The zero-order valence-corrected chi connectivity index (χ0v) is 13.4. The fourth-order valence-electron chi connectivity index (χ4n) is 1.92. The highest BCUT2D eigenvalue weighted by Gasteiger charge is 2.48. The lowest BCUT2D eigenvalue weighted by molar-refractivity contribution is -0.171. The van der Waals surface area contributed by atoms with E-state index in [2.05, 4.69) is 6.58 Å². The van der Waals surface area contributed by atoms with Crippen molar-refractivity contribution in [1.29, 1.82) is 5.26 Å². The number of hydrogen-bond donors (Lipinski definition) is 0. The summed E-state index contributed by atoms with van der Waals surface area (Å²) in [5, 5.41) is 9.23. The lowest BCUT2D eigenvalue weighted by Crippen LogP contribution is -2.42. The van der Waals surface area contributed by atoms with E-state index in [1.165, 1.54) is 6.08 Å². The molecule has 5 heteroatoms. The number of carbonyl (C=O) groups is 2. The third-order valence-electron chi connectivity index (χ3n) is 2.95. The molecule has 0 rings (SSSR count). The van der Waals surface area contributed by atoms with Gasteiger partial charge in [-0.15, -0.1) is 6.58 Å². The van der Waals surface area contributed by atoms with Crippen molar-refractivity contribution in [3.8, 4) is 6.07 Å². The van der Waals surface area contributed by atoms with Crippen molar-refractivity contribution in [2.45, 2.75) is 33.6 Å². The van der Waals surface area contributed by atoms with E-state index in [1.54, 1.807) is 39.0 Å². The van der Waals surface area contributed by atoms with Crippen LogP contribution < -0.4 is 0 Å². The van der Waals surface area contributed by atoms with E-state index >= 15 is 0 Å². The molecule has 0 unspecified atom stereocenters. The fourth-order valence-corrected chi connectivity index (χ4v) is 1.92. The quantitative estimate of drug-likeness (QED) is 0.215. The Kier molecular flexibility index (Phi) is 9.28. The van der Waals surface area contributed by atoms with Crippen molar-refractivity contribution in [2.24, 2.45) is 5.41 Å². The summed E-state index contributed by atoms with van der Waals surface area (Å²) in [5.74, 6) is -1.40. The summed E-state index contributed by atoms with van der Waals surface area (Å²) in [6.07, 6.45) is 6.40. The maximum atomic E-state index is 12.4. The molecule has 120 valence electrons. The average molecular weight is 305 g/mol. The molecule has 22 heavy (non-hydrogen) atoms. The molecule has 0 aromatic heterocycles. The zero-order chi connectivity index (χ0) is 17.0. The molecule has 0 spiro atoms. The number of carbonyl (C=O) groups excluding carboxylic acids is 2. The van der Waals surface area contributed by atoms with Crippen LogP contribution in [0.4, 0.5) is 0 Å². The van der Waals surface area contributed by atoms with E-state index < -0.39 is 17.4 Å². The Morgan fingerprint density at radius 2 is 1.77 bits per heavy atom. The predicted octanol–water partition coefficient (Wildman–Crippen LogP) is 3.09. The van der Waals surface area contributed by atoms with Gasteiger partial charge in [-0.1, -0.05) is 18.2 Å². The Balaban J connectivity index is 5.81. The Hall–Kier alpha value is -2.35. The van der Waals surface area contributed by atoms with Crippen LogP contribution in [0.2, 0.25) is 0 Å². The van der Waals surface area contributed by atoms with Crippen molar-refractivity contribution in [1.82, 2.24) is 0 Å². The fraction of sp³-hybridized carbons (Fsp3) is 0.471. The minimum Gasteiger partial charge on any atom is -0.465 e. The van der Waals surface area contributed by atoms with Crippen LogP contribution in [0.15, 0.2) is 36.5 Å². The molecule has 0 N–H and O–H groups in total. The number of hydrogen-bond acceptors (Lipinski definition) is 5. The van der Waals surface area contributed by atoms with Crippen LogP contribution in [0, 0.1) is 16.7 Å². The summed E-state index contributed by atoms with van der Waals surface area (Å²) in [4.78, 5) is 24.7. The van der Waals surface area contributed by atoms with E-state index in [1.807, 2.05) is 6.07 Å². The molecule has 0 bridgehead atoms. The maximum absolute atomic E-state index is 12.4. The molecule has 0 amide bonds. The SMILES string of the molecule is C=CCC(C/C(C#N)=C/C=C/C)(C(=O)OCC)C(=O)OCC. The highest BCUT2D eigenvalue weighted by Crippen LogP contribution is 2.34. The Bertz CT molecular complexity index is 479. The standard InChI is InChI=1S/C17H23NO4/c1-5-9-10-14(13-18)12-17(11-6-2,15(19)21-7-3)16(20)22-8-4/h5-6,9-10H,2,7-8,11-12H2,1,3-4H3/b9-5+,14-10-. The molecule has 0 atom stereocenters. The van der Waals surface area contributed by atoms with Gasteiger partial charge in [-0.3, -0.25) is 9.59 Å². The molecule has 0 aliphatic carbocycles. The summed E-state index contributed by atoms with van der Waals surface area (Å²) in [6, 6.07) is 2.00. The van der Waals surface area contributed by atoms with Crippen LogP contribution in [-0.4, -0.2) is 25.2 Å². The zero-order valence-electron chi connectivity index (χ0n) is 13.4. The van der Waals surface area contributed by atoms with Crippen LogP contribution >= 0.6 is 0 Å². The third kappa shape index (κ3) is 5.21. The van der Waals surface area contributed by atoms with Gasteiger partial charge >= 0.3 is 11.9 Å². The molecule has 0 aromatic carbocycles. The normalized spacial score (nSPS) is 11.8. The molecule has 0 aromatic rings. The summed E-state index contributed by atoms with van der Waals surface area (Å²) in [7, 11) is 0. The second-order valence-electron chi connectivity index (χ2n) is 4.52. The first-order valence-electron chi connectivity index (χ1n) is 7.19. The first-order valence-corrected chi connectivity index (χ1v) is 7.19. The van der Waals surface area contributed by atoms with E-state index in [9.17, 15) is 14.9 Å². The van der Waals surface area contributed by atoms with E-state index in [-0.39, 0.29) is 26.1 Å². The summed E-state index contributed by atoms with van der Waals surface area (Å²) in [5.41, 5.74) is -1.28. The summed E-state index contributed by atoms with van der Waals surface area (Å²) < 4.78 is 10.1. The van der Waals surface area contributed by atoms with Crippen molar-refractivity contribution in [2.75, 3.05) is 13.2 Å². The van der Waals surface area contributed by atoms with Crippen LogP contribution in [0.25, 0.3) is 0 Å². The second-order valence-corrected chi connectivity index (χ2v) is 4.52. The number of esters is 2.